The molecule has 2 aliphatic rings. The zero-order valence-electron chi connectivity index (χ0n) is 18.2. The average Bonchev–Trinajstić information content (AvgIpc) is 3.13. The smallest absolute Gasteiger partial charge is 0.280 e. The fourth-order valence-electron chi connectivity index (χ4n) is 3.84. The van der Waals surface area contributed by atoms with Gasteiger partial charge in [-0.25, -0.2) is 0 Å². The summed E-state index contributed by atoms with van der Waals surface area (Å²) >= 11 is 12.7. The largest absolute Gasteiger partial charge is 0.335 e. The highest BCUT2D eigenvalue weighted by atomic mass is 35.5. The van der Waals surface area contributed by atoms with E-state index in [1.54, 1.807) is 7.05 Å². The van der Waals surface area contributed by atoms with Gasteiger partial charge in [0.15, 0.2) is 17.8 Å². The molecule has 9 heteroatoms. The number of halogens is 2. The van der Waals surface area contributed by atoms with Crippen molar-refractivity contribution in [1.29, 1.82) is 0 Å². The molecule has 0 bridgehead atoms. The summed E-state index contributed by atoms with van der Waals surface area (Å²) in [5.41, 5.74) is 1.04. The van der Waals surface area contributed by atoms with Crippen molar-refractivity contribution < 1.29 is 0 Å². The number of nitrogens with zero attached hydrogens (tertiary/aromatic N) is 5. The van der Waals surface area contributed by atoms with Gasteiger partial charge in [0.2, 0.25) is 5.28 Å². The van der Waals surface area contributed by atoms with Crippen LogP contribution in [0.25, 0.3) is 0 Å². The molecule has 4 rings (SSSR count). The molecule has 7 nitrogen and oxygen atoms in total. The van der Waals surface area contributed by atoms with E-state index in [1.165, 1.54) is 4.57 Å². The second-order valence-corrected chi connectivity index (χ2v) is 8.19. The molecule has 0 radical (unpaired) electrons. The lowest BCUT2D eigenvalue weighted by atomic mass is 10.2. The monoisotopic (exact) mass is 452 g/mol. The van der Waals surface area contributed by atoms with E-state index in [4.69, 9.17) is 23.2 Å². The SMILES string of the molecule is CC.CC(C)N1CCN(C2Nc3nc(Cl)n(C)c(=O)c3N2c2ccccc2Cl)CC1. The first-order valence-electron chi connectivity index (χ1n) is 10.4. The zero-order chi connectivity index (χ0) is 22.0. The highest BCUT2D eigenvalue weighted by molar-refractivity contribution is 6.33. The van der Waals surface area contributed by atoms with Crippen molar-refractivity contribution in [3.8, 4) is 0 Å². The minimum atomic E-state index is -0.247. The zero-order valence-corrected chi connectivity index (χ0v) is 19.7. The van der Waals surface area contributed by atoms with Crippen LogP contribution < -0.4 is 15.8 Å². The Hall–Kier alpha value is -1.80. The molecule has 1 N–H and O–H groups in total. The number of hydrogen-bond acceptors (Lipinski definition) is 6. The minimum absolute atomic E-state index is 0.153. The maximum atomic E-state index is 13.0. The molecule has 3 heterocycles. The molecule has 0 amide bonds. The second-order valence-electron chi connectivity index (χ2n) is 7.45. The van der Waals surface area contributed by atoms with Gasteiger partial charge >= 0.3 is 0 Å². The minimum Gasteiger partial charge on any atom is -0.335 e. The van der Waals surface area contributed by atoms with Crippen LogP contribution in [0.5, 0.6) is 0 Å². The third-order valence-corrected chi connectivity index (χ3v) is 6.16. The Balaban J connectivity index is 0.00000124. The van der Waals surface area contributed by atoms with Gasteiger partial charge in [0.1, 0.15) is 0 Å². The van der Waals surface area contributed by atoms with Gasteiger partial charge in [-0.15, -0.1) is 0 Å². The Bertz CT molecular complexity index is 940. The summed E-state index contributed by atoms with van der Waals surface area (Å²) in [5, 5.41) is 4.14. The Morgan fingerprint density at radius 1 is 1.10 bits per heavy atom. The summed E-state index contributed by atoms with van der Waals surface area (Å²) < 4.78 is 1.35. The van der Waals surface area contributed by atoms with Crippen LogP contribution in [0, 0.1) is 0 Å². The van der Waals surface area contributed by atoms with Crippen molar-refractivity contribution in [3.05, 3.63) is 44.9 Å². The lowest BCUT2D eigenvalue weighted by Crippen LogP contribution is -2.57. The topological polar surface area (TPSA) is 56.6 Å². The van der Waals surface area contributed by atoms with Crippen LogP contribution in [0.15, 0.2) is 29.1 Å². The molecule has 0 saturated carbocycles. The fourth-order valence-corrected chi connectivity index (χ4v) is 4.23. The summed E-state index contributed by atoms with van der Waals surface area (Å²) in [6.45, 7) is 12.1. The van der Waals surface area contributed by atoms with Crippen LogP contribution in [0.1, 0.15) is 27.7 Å². The lowest BCUT2D eigenvalue weighted by Gasteiger charge is -2.42. The number of fused-ring (bicyclic) bond motifs is 1. The highest BCUT2D eigenvalue weighted by Crippen LogP contribution is 2.41. The first kappa shape index (κ1) is 22.9. The molecule has 30 heavy (non-hydrogen) atoms. The van der Waals surface area contributed by atoms with Crippen molar-refractivity contribution in [3.63, 3.8) is 0 Å². The molecule has 1 unspecified atom stereocenters. The van der Waals surface area contributed by atoms with E-state index in [0.717, 1.165) is 31.9 Å². The maximum Gasteiger partial charge on any atom is 0.280 e. The van der Waals surface area contributed by atoms with Crippen LogP contribution in [-0.4, -0.2) is 57.9 Å². The maximum absolute atomic E-state index is 13.0. The van der Waals surface area contributed by atoms with Gasteiger partial charge in [0.25, 0.3) is 5.56 Å². The van der Waals surface area contributed by atoms with E-state index in [9.17, 15) is 4.79 Å². The molecule has 1 atom stereocenters. The molecule has 1 fully saturated rings. The summed E-state index contributed by atoms with van der Waals surface area (Å²) in [4.78, 5) is 24.2. The third-order valence-electron chi connectivity index (χ3n) is 5.50. The molecule has 1 aromatic carbocycles. The molecule has 1 aromatic heterocycles. The van der Waals surface area contributed by atoms with Crippen LogP contribution in [0.2, 0.25) is 10.3 Å². The van der Waals surface area contributed by atoms with E-state index in [1.807, 2.05) is 43.0 Å². The van der Waals surface area contributed by atoms with Gasteiger partial charge in [-0.05, 0) is 37.6 Å². The van der Waals surface area contributed by atoms with Crippen molar-refractivity contribution in [2.45, 2.75) is 40.0 Å². The molecular weight excluding hydrogens is 423 g/mol. The standard InChI is InChI=1S/C19H24Cl2N6O.C2H6/c1-12(2)25-8-10-26(11-9-25)19-23-16-15(17(28)24(3)18(21)22-16)27(19)14-7-5-4-6-13(14)20;1-2/h4-7,12,19,23H,8-11H2,1-3H3;1-2H3. The summed E-state index contributed by atoms with van der Waals surface area (Å²) in [6, 6.07) is 8.07. The molecule has 164 valence electrons. The Kier molecular flexibility index (Phi) is 7.29. The molecular formula is C21H30Cl2N6O. The highest BCUT2D eigenvalue weighted by Gasteiger charge is 2.40. The molecule has 0 aliphatic carbocycles. The molecule has 2 aromatic rings. The van der Waals surface area contributed by atoms with E-state index in [0.29, 0.717) is 22.6 Å². The first-order valence-corrected chi connectivity index (χ1v) is 11.2. The predicted octanol–water partition coefficient (Wildman–Crippen LogP) is 3.99. The van der Waals surface area contributed by atoms with Gasteiger partial charge in [-0.2, -0.15) is 4.98 Å². The number of nitrogens with one attached hydrogen (secondary N) is 1. The van der Waals surface area contributed by atoms with Gasteiger partial charge in [-0.3, -0.25) is 24.1 Å². The molecule has 0 spiro atoms. The number of benzene rings is 1. The Labute approximate surface area is 188 Å². The van der Waals surface area contributed by atoms with E-state index in [-0.39, 0.29) is 17.1 Å². The lowest BCUT2D eigenvalue weighted by molar-refractivity contribution is 0.0892. The van der Waals surface area contributed by atoms with Gasteiger partial charge in [-0.1, -0.05) is 37.6 Å². The predicted molar refractivity (Wildman–Crippen MR) is 125 cm³/mol. The number of aromatic nitrogens is 2. The van der Waals surface area contributed by atoms with Gasteiger partial charge < -0.3 is 5.32 Å². The number of hydrogen-bond donors (Lipinski definition) is 1. The van der Waals surface area contributed by atoms with E-state index >= 15 is 0 Å². The normalized spacial score (nSPS) is 19.3. The fraction of sp³-hybridized carbons (Fsp3) is 0.524. The Morgan fingerprint density at radius 2 is 1.73 bits per heavy atom. The second kappa shape index (κ2) is 9.56. The van der Waals surface area contributed by atoms with E-state index < -0.39 is 0 Å². The van der Waals surface area contributed by atoms with Crippen molar-refractivity contribution in [1.82, 2.24) is 19.4 Å². The number of piperazine rings is 1. The first-order chi connectivity index (χ1) is 14.4. The third kappa shape index (κ3) is 4.17. The number of para-hydroxylation sites is 1. The van der Waals surface area contributed by atoms with Gasteiger partial charge in [0.05, 0.1) is 10.7 Å². The van der Waals surface area contributed by atoms with Crippen LogP contribution >= 0.6 is 23.2 Å². The average molecular weight is 453 g/mol. The van der Waals surface area contributed by atoms with Crippen molar-refractivity contribution in [2.24, 2.45) is 7.05 Å². The number of rotatable bonds is 3. The van der Waals surface area contributed by atoms with Crippen molar-refractivity contribution in [2.75, 3.05) is 36.4 Å². The summed E-state index contributed by atoms with van der Waals surface area (Å²) in [6.07, 6.45) is -0.247. The van der Waals surface area contributed by atoms with Crippen LogP contribution in [0.4, 0.5) is 17.2 Å². The van der Waals surface area contributed by atoms with Crippen molar-refractivity contribution >= 4 is 40.4 Å². The molecule has 2 aliphatic heterocycles. The van der Waals surface area contributed by atoms with Crippen LogP contribution in [0.3, 0.4) is 0 Å². The summed E-state index contributed by atoms with van der Waals surface area (Å²) in [7, 11) is 1.62. The van der Waals surface area contributed by atoms with E-state index in [2.05, 4.69) is 33.9 Å². The summed E-state index contributed by atoms with van der Waals surface area (Å²) in [5.74, 6) is 0.490. The quantitative estimate of drug-likeness (QED) is 0.710. The Morgan fingerprint density at radius 3 is 2.33 bits per heavy atom. The molecule has 1 saturated heterocycles. The van der Waals surface area contributed by atoms with Gasteiger partial charge in [0, 0.05) is 39.3 Å². The van der Waals surface area contributed by atoms with Crippen LogP contribution in [-0.2, 0) is 7.05 Å². The number of anilines is 3.